The largest absolute Gasteiger partial charge is 0.488 e. The van der Waals surface area contributed by atoms with Crippen LogP contribution in [0.3, 0.4) is 0 Å². The Balaban J connectivity index is 1.71. The van der Waals surface area contributed by atoms with Crippen LogP contribution in [0.4, 0.5) is 0 Å². The second-order valence-corrected chi connectivity index (χ2v) is 6.41. The molecule has 0 aliphatic carbocycles. The van der Waals surface area contributed by atoms with Gasteiger partial charge in [0.1, 0.15) is 17.4 Å². The predicted molar refractivity (Wildman–Crippen MR) is 78.1 cm³/mol. The van der Waals surface area contributed by atoms with Gasteiger partial charge in [-0.1, -0.05) is 17.7 Å². The van der Waals surface area contributed by atoms with E-state index in [1.165, 1.54) is 11.1 Å². The number of fused-ring (bicyclic) bond motifs is 1. The summed E-state index contributed by atoms with van der Waals surface area (Å²) >= 11 is 0. The lowest BCUT2D eigenvalue weighted by molar-refractivity contribution is -0.149. The molecule has 21 heavy (non-hydrogen) atoms. The van der Waals surface area contributed by atoms with Crippen LogP contribution in [0.2, 0.25) is 0 Å². The van der Waals surface area contributed by atoms with Crippen molar-refractivity contribution in [3.8, 4) is 5.75 Å². The Labute approximate surface area is 124 Å². The van der Waals surface area contributed by atoms with Crippen molar-refractivity contribution < 1.29 is 14.3 Å². The van der Waals surface area contributed by atoms with Crippen molar-refractivity contribution in [1.29, 1.82) is 0 Å². The summed E-state index contributed by atoms with van der Waals surface area (Å²) in [6.45, 7) is 6.07. The fourth-order valence-corrected chi connectivity index (χ4v) is 3.03. The first kappa shape index (κ1) is 13.9. The number of rotatable bonds is 2. The fourth-order valence-electron chi connectivity index (χ4n) is 3.03. The van der Waals surface area contributed by atoms with Crippen LogP contribution in [-0.4, -0.2) is 41.4 Å². The minimum absolute atomic E-state index is 0.0576. The Hall–Kier alpha value is -2.04. The lowest BCUT2D eigenvalue weighted by Gasteiger charge is -2.38. The maximum atomic E-state index is 12.4. The lowest BCUT2D eigenvalue weighted by atomic mass is 9.99. The van der Waals surface area contributed by atoms with E-state index in [1.807, 2.05) is 12.1 Å². The second-order valence-electron chi connectivity index (χ2n) is 6.41. The summed E-state index contributed by atoms with van der Waals surface area (Å²) in [5.41, 5.74) is 1.54. The van der Waals surface area contributed by atoms with Gasteiger partial charge in [-0.25, -0.2) is 0 Å². The molecule has 2 amide bonds. The fraction of sp³-hybridized carbons (Fsp3) is 0.500. The Morgan fingerprint density at radius 3 is 2.90 bits per heavy atom. The first-order valence-electron chi connectivity index (χ1n) is 7.22. The van der Waals surface area contributed by atoms with Gasteiger partial charge in [-0.15, -0.1) is 0 Å². The smallest absolute Gasteiger partial charge is 0.248 e. The SMILES string of the molecule is Cc1ccc2c(c1)CC(CN1CC(=O)NC(C)(C)C1=O)O2. The molecule has 1 aromatic carbocycles. The van der Waals surface area contributed by atoms with Gasteiger partial charge in [-0.2, -0.15) is 0 Å². The molecule has 0 spiro atoms. The molecule has 2 heterocycles. The summed E-state index contributed by atoms with van der Waals surface area (Å²) in [5, 5.41) is 2.71. The monoisotopic (exact) mass is 288 g/mol. The molecule has 1 saturated heterocycles. The van der Waals surface area contributed by atoms with E-state index in [0.29, 0.717) is 6.54 Å². The van der Waals surface area contributed by atoms with Crippen LogP contribution >= 0.6 is 0 Å². The molecule has 1 atom stereocenters. The summed E-state index contributed by atoms with van der Waals surface area (Å²) in [5.74, 6) is 0.711. The number of benzene rings is 1. The average molecular weight is 288 g/mol. The van der Waals surface area contributed by atoms with E-state index in [4.69, 9.17) is 4.74 Å². The molecular formula is C16H20N2O3. The number of ether oxygens (including phenoxy) is 1. The van der Waals surface area contributed by atoms with Crippen molar-refractivity contribution >= 4 is 11.8 Å². The van der Waals surface area contributed by atoms with Crippen molar-refractivity contribution in [2.75, 3.05) is 13.1 Å². The highest BCUT2D eigenvalue weighted by Gasteiger charge is 2.40. The Kier molecular flexibility index (Phi) is 3.15. The molecule has 0 aromatic heterocycles. The van der Waals surface area contributed by atoms with Gasteiger partial charge in [0.15, 0.2) is 0 Å². The number of hydrogen-bond donors (Lipinski definition) is 1. The first-order valence-corrected chi connectivity index (χ1v) is 7.22. The quantitative estimate of drug-likeness (QED) is 0.884. The van der Waals surface area contributed by atoms with Crippen LogP contribution in [0, 0.1) is 6.92 Å². The predicted octanol–water partition coefficient (Wildman–Crippen LogP) is 1.04. The minimum atomic E-state index is -0.836. The molecule has 0 saturated carbocycles. The van der Waals surface area contributed by atoms with Gasteiger partial charge in [0, 0.05) is 6.42 Å². The van der Waals surface area contributed by atoms with Crippen molar-refractivity contribution in [2.45, 2.75) is 38.8 Å². The van der Waals surface area contributed by atoms with E-state index in [-0.39, 0.29) is 24.5 Å². The molecule has 112 valence electrons. The van der Waals surface area contributed by atoms with Crippen LogP contribution in [-0.2, 0) is 16.0 Å². The minimum Gasteiger partial charge on any atom is -0.488 e. The number of carbonyl (C=O) groups is 2. The molecule has 1 fully saturated rings. The molecule has 2 aliphatic heterocycles. The molecular weight excluding hydrogens is 268 g/mol. The van der Waals surface area contributed by atoms with E-state index in [1.54, 1.807) is 18.7 Å². The van der Waals surface area contributed by atoms with Gasteiger partial charge in [-0.3, -0.25) is 9.59 Å². The molecule has 2 aliphatic rings. The molecule has 1 N–H and O–H groups in total. The normalized spacial score (nSPS) is 23.6. The molecule has 0 bridgehead atoms. The summed E-state index contributed by atoms with van der Waals surface area (Å²) in [4.78, 5) is 25.7. The standard InChI is InChI=1S/C16H20N2O3/c1-10-4-5-13-11(6-10)7-12(21-13)8-18-9-14(19)17-16(2,3)15(18)20/h4-6,12H,7-9H2,1-3H3,(H,17,19). The molecule has 5 heteroatoms. The van der Waals surface area contributed by atoms with Crippen molar-refractivity contribution in [2.24, 2.45) is 0 Å². The maximum absolute atomic E-state index is 12.4. The third-order valence-corrected chi connectivity index (χ3v) is 3.99. The van der Waals surface area contributed by atoms with Crippen LogP contribution < -0.4 is 10.1 Å². The van der Waals surface area contributed by atoms with Gasteiger partial charge in [-0.05, 0) is 32.4 Å². The summed E-state index contributed by atoms with van der Waals surface area (Å²) < 4.78 is 5.89. The van der Waals surface area contributed by atoms with E-state index in [0.717, 1.165) is 12.2 Å². The zero-order chi connectivity index (χ0) is 15.2. The van der Waals surface area contributed by atoms with E-state index in [2.05, 4.69) is 18.3 Å². The van der Waals surface area contributed by atoms with Gasteiger partial charge in [0.05, 0.1) is 13.1 Å². The molecule has 3 rings (SSSR count). The van der Waals surface area contributed by atoms with Crippen LogP contribution in [0.5, 0.6) is 5.75 Å². The highest BCUT2D eigenvalue weighted by Crippen LogP contribution is 2.30. The number of nitrogens with one attached hydrogen (secondary N) is 1. The highest BCUT2D eigenvalue weighted by molar-refractivity contribution is 5.97. The zero-order valence-corrected chi connectivity index (χ0v) is 12.6. The maximum Gasteiger partial charge on any atom is 0.248 e. The zero-order valence-electron chi connectivity index (χ0n) is 12.6. The van der Waals surface area contributed by atoms with E-state index >= 15 is 0 Å². The van der Waals surface area contributed by atoms with Crippen molar-refractivity contribution in [1.82, 2.24) is 10.2 Å². The highest BCUT2D eigenvalue weighted by atomic mass is 16.5. The van der Waals surface area contributed by atoms with Crippen LogP contribution in [0.25, 0.3) is 0 Å². The Bertz CT molecular complexity index is 610. The summed E-state index contributed by atoms with van der Waals surface area (Å²) in [6, 6.07) is 6.10. The van der Waals surface area contributed by atoms with Gasteiger partial charge >= 0.3 is 0 Å². The molecule has 1 unspecified atom stereocenters. The topological polar surface area (TPSA) is 58.6 Å². The van der Waals surface area contributed by atoms with E-state index in [9.17, 15) is 9.59 Å². The Morgan fingerprint density at radius 2 is 2.14 bits per heavy atom. The number of amides is 2. The van der Waals surface area contributed by atoms with Crippen LogP contribution in [0.1, 0.15) is 25.0 Å². The van der Waals surface area contributed by atoms with Gasteiger partial charge < -0.3 is 15.0 Å². The third kappa shape index (κ3) is 2.60. The number of nitrogens with zero attached hydrogens (tertiary/aromatic N) is 1. The van der Waals surface area contributed by atoms with Crippen molar-refractivity contribution in [3.63, 3.8) is 0 Å². The number of hydrogen-bond acceptors (Lipinski definition) is 3. The van der Waals surface area contributed by atoms with E-state index < -0.39 is 5.54 Å². The molecule has 0 radical (unpaired) electrons. The van der Waals surface area contributed by atoms with Crippen molar-refractivity contribution in [3.05, 3.63) is 29.3 Å². The summed E-state index contributed by atoms with van der Waals surface area (Å²) in [7, 11) is 0. The first-order chi connectivity index (χ1) is 9.85. The number of carbonyl (C=O) groups excluding carboxylic acids is 2. The number of aryl methyl sites for hydroxylation is 1. The Morgan fingerprint density at radius 1 is 1.38 bits per heavy atom. The van der Waals surface area contributed by atoms with Crippen LogP contribution in [0.15, 0.2) is 18.2 Å². The average Bonchev–Trinajstić information content (AvgIpc) is 2.76. The second kappa shape index (κ2) is 4.76. The van der Waals surface area contributed by atoms with Gasteiger partial charge in [0.25, 0.3) is 0 Å². The number of piperazine rings is 1. The lowest BCUT2D eigenvalue weighted by Crippen LogP contribution is -2.64. The molecule has 1 aromatic rings. The molecule has 5 nitrogen and oxygen atoms in total. The summed E-state index contributed by atoms with van der Waals surface area (Å²) in [6.07, 6.45) is 0.704. The third-order valence-electron chi connectivity index (χ3n) is 3.99. The van der Waals surface area contributed by atoms with Gasteiger partial charge in [0.2, 0.25) is 11.8 Å².